The number of likely N-dealkylation sites (tertiary alicyclic amines) is 1. The minimum atomic E-state index is -0.873. The zero-order chi connectivity index (χ0) is 17.4. The molecular weight excluding hydrogens is 308 g/mol. The highest BCUT2D eigenvalue weighted by Crippen LogP contribution is 2.40. The molecule has 1 aromatic heterocycles. The topological polar surface area (TPSA) is 83.6 Å². The van der Waals surface area contributed by atoms with Crippen LogP contribution in [0.25, 0.3) is 0 Å². The first-order chi connectivity index (χ1) is 11.4. The lowest BCUT2D eigenvalue weighted by molar-refractivity contribution is -0.151. The smallest absolute Gasteiger partial charge is 0.326 e. The van der Waals surface area contributed by atoms with Gasteiger partial charge in [0.25, 0.3) is 0 Å². The highest BCUT2D eigenvalue weighted by molar-refractivity contribution is 5.86. The quantitative estimate of drug-likeness (QED) is 0.915. The fourth-order valence-corrected chi connectivity index (χ4v) is 4.44. The molecule has 1 saturated heterocycles. The molecule has 1 amide bonds. The summed E-state index contributed by atoms with van der Waals surface area (Å²) in [5.41, 5.74) is 1.76. The molecule has 1 aliphatic heterocycles. The number of carbonyl (C=O) groups is 2. The van der Waals surface area contributed by atoms with Gasteiger partial charge in [-0.05, 0) is 45.4 Å². The summed E-state index contributed by atoms with van der Waals surface area (Å²) in [4.78, 5) is 26.5. The lowest BCUT2D eigenvalue weighted by atomic mass is 9.84. The van der Waals surface area contributed by atoms with Gasteiger partial charge in [0.05, 0.1) is 5.69 Å². The van der Waals surface area contributed by atoms with Crippen molar-refractivity contribution in [2.75, 3.05) is 0 Å². The van der Waals surface area contributed by atoms with Crippen LogP contribution in [0.3, 0.4) is 0 Å². The molecule has 1 saturated carbocycles. The Bertz CT molecular complexity index is 619. The number of aliphatic carboxylic acids is 1. The second-order valence-corrected chi connectivity index (χ2v) is 7.36. The SMILES string of the molecule is Cc1noc(C)c1C[C@H](C)C(=O)N1[C@@H]2CCCC[C@@H]2C[C@H]1C(=O)O. The summed E-state index contributed by atoms with van der Waals surface area (Å²) in [6, 6.07) is -0.572. The molecule has 4 atom stereocenters. The zero-order valence-electron chi connectivity index (χ0n) is 14.6. The number of nitrogens with zero attached hydrogens (tertiary/aromatic N) is 2. The maximum absolute atomic E-state index is 13.1. The third-order valence-electron chi connectivity index (χ3n) is 5.74. The molecule has 0 spiro atoms. The number of hydrogen-bond donors (Lipinski definition) is 1. The van der Waals surface area contributed by atoms with E-state index in [9.17, 15) is 14.7 Å². The van der Waals surface area contributed by atoms with Gasteiger partial charge >= 0.3 is 5.97 Å². The molecule has 0 radical (unpaired) electrons. The van der Waals surface area contributed by atoms with Crippen molar-refractivity contribution in [3.63, 3.8) is 0 Å². The maximum Gasteiger partial charge on any atom is 0.326 e. The number of aryl methyl sites for hydroxylation is 2. The fourth-order valence-electron chi connectivity index (χ4n) is 4.44. The molecule has 2 fully saturated rings. The highest BCUT2D eigenvalue weighted by Gasteiger charge is 2.48. The Morgan fingerprint density at radius 3 is 2.67 bits per heavy atom. The average molecular weight is 334 g/mol. The number of carboxylic acid groups (broad SMARTS) is 1. The van der Waals surface area contributed by atoms with Crippen LogP contribution in [-0.4, -0.2) is 39.1 Å². The van der Waals surface area contributed by atoms with Crippen LogP contribution < -0.4 is 0 Å². The van der Waals surface area contributed by atoms with Crippen LogP contribution in [0, 0.1) is 25.7 Å². The van der Waals surface area contributed by atoms with Gasteiger partial charge in [0, 0.05) is 17.5 Å². The summed E-state index contributed by atoms with van der Waals surface area (Å²) in [6.07, 6.45) is 5.33. The fraction of sp³-hybridized carbons (Fsp3) is 0.722. The van der Waals surface area contributed by atoms with E-state index in [1.54, 1.807) is 4.90 Å². The van der Waals surface area contributed by atoms with Crippen LogP contribution >= 0.6 is 0 Å². The van der Waals surface area contributed by atoms with Crippen LogP contribution in [0.4, 0.5) is 0 Å². The Hall–Kier alpha value is -1.85. The van der Waals surface area contributed by atoms with Crippen LogP contribution in [0.1, 0.15) is 56.0 Å². The molecular formula is C18H26N2O4. The second-order valence-electron chi connectivity index (χ2n) is 7.36. The molecule has 1 aliphatic carbocycles. The van der Waals surface area contributed by atoms with Crippen molar-refractivity contribution in [3.05, 3.63) is 17.0 Å². The van der Waals surface area contributed by atoms with Crippen molar-refractivity contribution in [3.8, 4) is 0 Å². The number of carbonyl (C=O) groups excluding carboxylic acids is 1. The molecule has 6 heteroatoms. The normalized spacial score (nSPS) is 27.8. The molecule has 6 nitrogen and oxygen atoms in total. The molecule has 0 bridgehead atoms. The van der Waals surface area contributed by atoms with Crippen LogP contribution in [0.5, 0.6) is 0 Å². The van der Waals surface area contributed by atoms with Crippen LogP contribution in [0.2, 0.25) is 0 Å². The monoisotopic (exact) mass is 334 g/mol. The molecule has 1 aromatic rings. The van der Waals surface area contributed by atoms with Gasteiger partial charge in [0.1, 0.15) is 11.8 Å². The number of hydrogen-bond acceptors (Lipinski definition) is 4. The van der Waals surface area contributed by atoms with Gasteiger partial charge < -0.3 is 14.5 Å². The van der Waals surface area contributed by atoms with E-state index in [-0.39, 0.29) is 17.9 Å². The molecule has 2 heterocycles. The van der Waals surface area contributed by atoms with Crippen LogP contribution in [-0.2, 0) is 16.0 Å². The third-order valence-corrected chi connectivity index (χ3v) is 5.74. The Labute approximate surface area is 142 Å². The van der Waals surface area contributed by atoms with E-state index in [0.717, 1.165) is 42.7 Å². The summed E-state index contributed by atoms with van der Waals surface area (Å²) in [6.45, 7) is 5.60. The second kappa shape index (κ2) is 6.57. The van der Waals surface area contributed by atoms with E-state index in [2.05, 4.69) is 5.16 Å². The summed E-state index contributed by atoms with van der Waals surface area (Å²) in [5, 5.41) is 13.5. The van der Waals surface area contributed by atoms with Crippen molar-refractivity contribution >= 4 is 11.9 Å². The molecule has 3 rings (SSSR count). The predicted octanol–water partition coefficient (Wildman–Crippen LogP) is 2.71. The molecule has 2 aliphatic rings. The number of aromatic nitrogens is 1. The Balaban J connectivity index is 1.79. The summed E-state index contributed by atoms with van der Waals surface area (Å²) >= 11 is 0. The lowest BCUT2D eigenvalue weighted by Crippen LogP contribution is -2.48. The highest BCUT2D eigenvalue weighted by atomic mass is 16.5. The lowest BCUT2D eigenvalue weighted by Gasteiger charge is -2.34. The largest absolute Gasteiger partial charge is 0.480 e. The Morgan fingerprint density at radius 1 is 1.33 bits per heavy atom. The minimum absolute atomic E-state index is 0.0446. The molecule has 0 unspecified atom stereocenters. The van der Waals surface area contributed by atoms with E-state index in [4.69, 9.17) is 4.52 Å². The van der Waals surface area contributed by atoms with Gasteiger partial charge in [-0.25, -0.2) is 4.79 Å². The van der Waals surface area contributed by atoms with Crippen LogP contribution in [0.15, 0.2) is 4.52 Å². The van der Waals surface area contributed by atoms with E-state index in [0.29, 0.717) is 18.8 Å². The first-order valence-electron chi connectivity index (χ1n) is 8.86. The number of fused-ring (bicyclic) bond motifs is 1. The van der Waals surface area contributed by atoms with Gasteiger partial charge in [-0.15, -0.1) is 0 Å². The Kier molecular flexibility index (Phi) is 4.65. The summed E-state index contributed by atoms with van der Waals surface area (Å²) in [5.74, 6) is -0.114. The van der Waals surface area contributed by atoms with E-state index in [1.165, 1.54) is 0 Å². The third kappa shape index (κ3) is 2.94. The number of rotatable bonds is 4. The van der Waals surface area contributed by atoms with Gasteiger partial charge in [0.15, 0.2) is 0 Å². The van der Waals surface area contributed by atoms with Crippen molar-refractivity contribution in [2.24, 2.45) is 11.8 Å². The first kappa shape index (κ1) is 17.0. The number of amides is 1. The first-order valence-corrected chi connectivity index (χ1v) is 8.86. The van der Waals surface area contributed by atoms with Gasteiger partial charge in [-0.1, -0.05) is 24.9 Å². The van der Waals surface area contributed by atoms with Gasteiger partial charge in [0.2, 0.25) is 5.91 Å². The molecule has 0 aromatic carbocycles. The molecule has 132 valence electrons. The zero-order valence-corrected chi connectivity index (χ0v) is 14.6. The predicted molar refractivity (Wildman–Crippen MR) is 87.5 cm³/mol. The molecule has 24 heavy (non-hydrogen) atoms. The summed E-state index contributed by atoms with van der Waals surface area (Å²) < 4.78 is 5.18. The van der Waals surface area contributed by atoms with Crippen molar-refractivity contribution < 1.29 is 19.2 Å². The van der Waals surface area contributed by atoms with E-state index >= 15 is 0 Å². The van der Waals surface area contributed by atoms with E-state index in [1.807, 2.05) is 20.8 Å². The van der Waals surface area contributed by atoms with E-state index < -0.39 is 12.0 Å². The van der Waals surface area contributed by atoms with Crippen molar-refractivity contribution in [2.45, 2.75) is 71.4 Å². The number of carboxylic acids is 1. The maximum atomic E-state index is 13.1. The van der Waals surface area contributed by atoms with Gasteiger partial charge in [-0.3, -0.25) is 4.79 Å². The molecule has 1 N–H and O–H groups in total. The van der Waals surface area contributed by atoms with Crippen molar-refractivity contribution in [1.82, 2.24) is 10.1 Å². The van der Waals surface area contributed by atoms with Gasteiger partial charge in [-0.2, -0.15) is 0 Å². The minimum Gasteiger partial charge on any atom is -0.480 e. The summed E-state index contributed by atoms with van der Waals surface area (Å²) in [7, 11) is 0. The standard InChI is InChI=1S/C18H26N2O4/c1-10(8-14-11(2)19-24-12(14)3)17(21)20-15-7-5-4-6-13(15)9-16(20)18(22)23/h10,13,15-16H,4-9H2,1-3H3,(H,22,23)/t10-,13+,15+,16-/m0/s1. The Morgan fingerprint density at radius 2 is 2.04 bits per heavy atom. The average Bonchev–Trinajstić information content (AvgIpc) is 3.09. The van der Waals surface area contributed by atoms with Crippen molar-refractivity contribution in [1.29, 1.82) is 0 Å².